The van der Waals surface area contributed by atoms with E-state index in [1.54, 1.807) is 11.1 Å². The Labute approximate surface area is 207 Å². The summed E-state index contributed by atoms with van der Waals surface area (Å²) in [4.78, 5) is 0. The fraction of sp³-hybridized carbons (Fsp3) is 0.412. The highest BCUT2D eigenvalue weighted by Crippen LogP contribution is 2.46. The first-order valence-electron chi connectivity index (χ1n) is 13.5. The lowest BCUT2D eigenvalue weighted by molar-refractivity contribution is 0.355. The monoisotopic (exact) mass is 448 g/mol. The zero-order valence-corrected chi connectivity index (χ0v) is 21.4. The highest BCUT2D eigenvalue weighted by molar-refractivity contribution is 5.86. The molecular formula is C34H40. The second-order valence-corrected chi connectivity index (χ2v) is 10.9. The largest absolute Gasteiger partial charge is 0.0995 e. The maximum Gasteiger partial charge on any atom is 0.00706 e. The van der Waals surface area contributed by atoms with E-state index in [4.69, 9.17) is 0 Å². The first-order chi connectivity index (χ1) is 16.5. The lowest BCUT2D eigenvalue weighted by Gasteiger charge is -2.32. The van der Waals surface area contributed by atoms with Gasteiger partial charge in [0.2, 0.25) is 0 Å². The summed E-state index contributed by atoms with van der Waals surface area (Å²) in [6, 6.07) is 14.0. The zero-order valence-electron chi connectivity index (χ0n) is 21.4. The van der Waals surface area contributed by atoms with E-state index in [0.717, 1.165) is 18.8 Å². The predicted octanol–water partition coefficient (Wildman–Crippen LogP) is 9.54. The SMILES string of the molecule is C=C(CC1C=C(C2=CC=CC2)c2ccccc21)C1CCC(c2cc(CCC)c(C)cc2C)CC1. The van der Waals surface area contributed by atoms with Crippen molar-refractivity contribution in [3.8, 4) is 0 Å². The normalized spacial score (nSPS) is 23.6. The molecule has 0 N–H and O–H groups in total. The van der Waals surface area contributed by atoms with Crippen LogP contribution < -0.4 is 0 Å². The van der Waals surface area contributed by atoms with Gasteiger partial charge in [0.15, 0.2) is 0 Å². The molecule has 0 nitrogen and oxygen atoms in total. The van der Waals surface area contributed by atoms with Gasteiger partial charge in [0.25, 0.3) is 0 Å². The van der Waals surface area contributed by atoms with Crippen LogP contribution in [0.1, 0.15) is 97.1 Å². The van der Waals surface area contributed by atoms with Gasteiger partial charge in [-0.3, -0.25) is 0 Å². The summed E-state index contributed by atoms with van der Waals surface area (Å²) in [6.45, 7) is 11.5. The van der Waals surface area contributed by atoms with Crippen molar-refractivity contribution in [2.75, 3.05) is 0 Å². The maximum absolute atomic E-state index is 4.65. The molecule has 0 saturated heterocycles. The lowest BCUT2D eigenvalue weighted by atomic mass is 9.73. The summed E-state index contributed by atoms with van der Waals surface area (Å²) in [5, 5.41) is 0. The van der Waals surface area contributed by atoms with Crippen LogP contribution >= 0.6 is 0 Å². The molecule has 0 radical (unpaired) electrons. The standard InChI is InChI=1S/C34H40/c1-5-10-29-21-33(25(4)19-23(29)2)28-17-15-26(16-18-28)24(3)20-30-22-34(27-11-6-7-12-27)32-14-9-8-13-31(30)32/h6-9,11,13-14,19,21-22,26,28,30H,3,5,10,12,15-18,20H2,1-2,4H3. The smallest absolute Gasteiger partial charge is 0.00706 e. The van der Waals surface area contributed by atoms with Crippen LogP contribution in [0.2, 0.25) is 0 Å². The van der Waals surface area contributed by atoms with Gasteiger partial charge in [-0.1, -0.05) is 86.2 Å². The van der Waals surface area contributed by atoms with E-state index in [9.17, 15) is 0 Å². The molecule has 176 valence electrons. The summed E-state index contributed by atoms with van der Waals surface area (Å²) in [6.07, 6.45) is 19.1. The molecule has 5 rings (SSSR count). The third kappa shape index (κ3) is 4.52. The second kappa shape index (κ2) is 9.95. The van der Waals surface area contributed by atoms with E-state index >= 15 is 0 Å². The number of hydrogen-bond acceptors (Lipinski definition) is 0. The third-order valence-corrected chi connectivity index (χ3v) is 8.61. The van der Waals surface area contributed by atoms with Crippen molar-refractivity contribution in [3.05, 3.63) is 112 Å². The Kier molecular flexibility index (Phi) is 6.77. The van der Waals surface area contributed by atoms with Crippen LogP contribution in [0, 0.1) is 19.8 Å². The highest BCUT2D eigenvalue weighted by Gasteiger charge is 2.29. The number of aryl methyl sites for hydroxylation is 3. The van der Waals surface area contributed by atoms with Gasteiger partial charge in [-0.2, -0.15) is 0 Å². The summed E-state index contributed by atoms with van der Waals surface area (Å²) in [5.74, 6) is 1.88. The number of allylic oxidation sites excluding steroid dienone is 7. The van der Waals surface area contributed by atoms with E-state index in [1.165, 1.54) is 77.5 Å². The maximum atomic E-state index is 4.65. The molecule has 3 aliphatic carbocycles. The molecule has 0 heterocycles. The molecule has 1 unspecified atom stereocenters. The van der Waals surface area contributed by atoms with Gasteiger partial charge in [-0.15, -0.1) is 0 Å². The Hall–Kier alpha value is -2.60. The summed E-state index contributed by atoms with van der Waals surface area (Å²) < 4.78 is 0. The van der Waals surface area contributed by atoms with Crippen molar-refractivity contribution < 1.29 is 0 Å². The fourth-order valence-corrected chi connectivity index (χ4v) is 6.70. The summed E-state index contributed by atoms with van der Waals surface area (Å²) in [5.41, 5.74) is 13.5. The van der Waals surface area contributed by atoms with Crippen molar-refractivity contribution >= 4 is 5.57 Å². The lowest BCUT2D eigenvalue weighted by Crippen LogP contribution is -2.16. The molecule has 0 spiro atoms. The van der Waals surface area contributed by atoms with Gasteiger partial charge in [0.1, 0.15) is 0 Å². The van der Waals surface area contributed by atoms with Crippen molar-refractivity contribution in [1.29, 1.82) is 0 Å². The zero-order chi connectivity index (χ0) is 23.7. The number of rotatable bonds is 7. The Morgan fingerprint density at radius 2 is 1.76 bits per heavy atom. The molecule has 0 aliphatic heterocycles. The van der Waals surface area contributed by atoms with Crippen molar-refractivity contribution in [2.45, 2.75) is 84.0 Å². The van der Waals surface area contributed by atoms with Crippen molar-refractivity contribution in [2.24, 2.45) is 5.92 Å². The van der Waals surface area contributed by atoms with Crippen LogP contribution in [0.3, 0.4) is 0 Å². The first kappa shape index (κ1) is 23.2. The van der Waals surface area contributed by atoms with Gasteiger partial charge < -0.3 is 0 Å². The molecule has 0 amide bonds. The van der Waals surface area contributed by atoms with Crippen molar-refractivity contribution in [3.63, 3.8) is 0 Å². The summed E-state index contributed by atoms with van der Waals surface area (Å²) >= 11 is 0. The predicted molar refractivity (Wildman–Crippen MR) is 147 cm³/mol. The Morgan fingerprint density at radius 3 is 2.50 bits per heavy atom. The average molecular weight is 449 g/mol. The van der Waals surface area contributed by atoms with Crippen LogP contribution in [-0.4, -0.2) is 0 Å². The molecule has 0 bridgehead atoms. The van der Waals surface area contributed by atoms with Crippen LogP contribution in [0.5, 0.6) is 0 Å². The Morgan fingerprint density at radius 1 is 0.971 bits per heavy atom. The van der Waals surface area contributed by atoms with E-state index < -0.39 is 0 Å². The quantitative estimate of drug-likeness (QED) is 0.370. The van der Waals surface area contributed by atoms with Gasteiger partial charge in [0.05, 0.1) is 0 Å². The van der Waals surface area contributed by atoms with E-state index in [0.29, 0.717) is 11.8 Å². The first-order valence-corrected chi connectivity index (χ1v) is 13.5. The second-order valence-electron chi connectivity index (χ2n) is 10.9. The molecule has 1 fully saturated rings. The minimum atomic E-state index is 0.480. The van der Waals surface area contributed by atoms with E-state index in [2.05, 4.69) is 88.1 Å². The molecular weight excluding hydrogens is 408 g/mol. The molecule has 34 heavy (non-hydrogen) atoms. The van der Waals surface area contributed by atoms with Crippen LogP contribution in [0.15, 0.2) is 78.4 Å². The molecule has 3 aliphatic rings. The molecule has 0 heteroatoms. The highest BCUT2D eigenvalue weighted by atomic mass is 14.3. The average Bonchev–Trinajstić information content (AvgIpc) is 3.50. The minimum absolute atomic E-state index is 0.480. The number of fused-ring (bicyclic) bond motifs is 1. The molecule has 2 aromatic carbocycles. The van der Waals surface area contributed by atoms with Crippen LogP contribution in [-0.2, 0) is 6.42 Å². The fourth-order valence-electron chi connectivity index (χ4n) is 6.70. The molecule has 2 aromatic rings. The van der Waals surface area contributed by atoms with Gasteiger partial charge in [-0.25, -0.2) is 0 Å². The number of benzene rings is 2. The topological polar surface area (TPSA) is 0 Å². The molecule has 0 aromatic heterocycles. The third-order valence-electron chi connectivity index (χ3n) is 8.61. The van der Waals surface area contributed by atoms with Crippen molar-refractivity contribution in [1.82, 2.24) is 0 Å². The van der Waals surface area contributed by atoms with E-state index in [-0.39, 0.29) is 0 Å². The summed E-state index contributed by atoms with van der Waals surface area (Å²) in [7, 11) is 0. The van der Waals surface area contributed by atoms with Gasteiger partial charge in [-0.05, 0) is 115 Å². The Balaban J connectivity index is 1.25. The van der Waals surface area contributed by atoms with Crippen LogP contribution in [0.4, 0.5) is 0 Å². The van der Waals surface area contributed by atoms with Gasteiger partial charge >= 0.3 is 0 Å². The molecule has 1 saturated carbocycles. The number of hydrogen-bond donors (Lipinski definition) is 0. The van der Waals surface area contributed by atoms with Gasteiger partial charge in [0, 0.05) is 5.92 Å². The van der Waals surface area contributed by atoms with E-state index in [1.807, 2.05) is 0 Å². The van der Waals surface area contributed by atoms with Crippen LogP contribution in [0.25, 0.3) is 5.57 Å². The Bertz CT molecular complexity index is 1160. The minimum Gasteiger partial charge on any atom is -0.0995 e. The molecule has 1 atom stereocenters.